The summed E-state index contributed by atoms with van der Waals surface area (Å²) < 4.78 is 14.1. The van der Waals surface area contributed by atoms with Gasteiger partial charge in [-0.25, -0.2) is 9.97 Å². The Balaban J connectivity index is 1.25. The number of carbonyl (C=O) groups is 2. The number of nitrogens with zero attached hydrogens (tertiary/aromatic N) is 2. The van der Waals surface area contributed by atoms with Crippen LogP contribution in [0.4, 0.5) is 0 Å². The molecule has 0 fully saturated rings. The first-order chi connectivity index (χ1) is 20.3. The van der Waals surface area contributed by atoms with E-state index in [1.165, 1.54) is 33.8 Å². The highest BCUT2D eigenvalue weighted by atomic mass is 32.2. The Hall–Kier alpha value is -2.14. The summed E-state index contributed by atoms with van der Waals surface area (Å²) in [6.45, 7) is 22.6. The molecule has 0 saturated carbocycles. The van der Waals surface area contributed by atoms with Gasteiger partial charge in [-0.2, -0.15) is 0 Å². The number of benzene rings is 2. The maximum absolute atomic E-state index is 12.4. The molecule has 2 aromatic heterocycles. The third-order valence-electron chi connectivity index (χ3n) is 7.19. The Labute approximate surface area is 278 Å². The molecule has 0 radical (unpaired) electrons. The first kappa shape index (κ1) is 34.7. The van der Waals surface area contributed by atoms with Crippen molar-refractivity contribution in [1.29, 1.82) is 0 Å². The fourth-order valence-corrected chi connectivity index (χ4v) is 9.28. The van der Waals surface area contributed by atoms with E-state index in [1.807, 2.05) is 12.1 Å². The molecule has 0 unspecified atom stereocenters. The molecule has 0 aliphatic carbocycles. The number of aromatic nitrogens is 2. The van der Waals surface area contributed by atoms with Crippen LogP contribution in [0.25, 0.3) is 20.4 Å². The summed E-state index contributed by atoms with van der Waals surface area (Å²) in [6.07, 6.45) is 1.97. The molecule has 0 aliphatic heterocycles. The standard InChI is InChI=1S/C34H44N2O4S4/c1-31(2,3)19-33(7,8)21-11-13-23-25(17-21)41-29(35-23)43-39-27(37)15-16-28(38)40-44-30-36-24-14-12-22(18-26(24)42-30)34(9,10)20-32(4,5)6/h11-14,17-18H,15-16,19-20H2,1-10H3. The van der Waals surface area contributed by atoms with E-state index in [4.69, 9.17) is 8.37 Å². The van der Waals surface area contributed by atoms with Crippen molar-refractivity contribution in [2.75, 3.05) is 0 Å². The van der Waals surface area contributed by atoms with E-state index in [1.54, 1.807) is 0 Å². The summed E-state index contributed by atoms with van der Waals surface area (Å²) in [4.78, 5) is 33.9. The summed E-state index contributed by atoms with van der Waals surface area (Å²) >= 11 is 4.87. The lowest BCUT2D eigenvalue weighted by Crippen LogP contribution is -2.24. The average molecular weight is 673 g/mol. The number of hydrogen-bond acceptors (Lipinski definition) is 10. The van der Waals surface area contributed by atoms with Gasteiger partial charge in [-0.3, -0.25) is 9.59 Å². The van der Waals surface area contributed by atoms with Crippen LogP contribution >= 0.6 is 46.8 Å². The van der Waals surface area contributed by atoms with Crippen LogP contribution in [-0.2, 0) is 28.8 Å². The third-order valence-corrected chi connectivity index (χ3v) is 10.7. The van der Waals surface area contributed by atoms with Crippen LogP contribution < -0.4 is 0 Å². The quantitative estimate of drug-likeness (QED) is 0.146. The topological polar surface area (TPSA) is 78.4 Å². The van der Waals surface area contributed by atoms with Crippen molar-refractivity contribution in [2.24, 2.45) is 10.8 Å². The maximum Gasteiger partial charge on any atom is 0.318 e. The Bertz CT molecular complexity index is 1520. The van der Waals surface area contributed by atoms with Gasteiger partial charge in [0.15, 0.2) is 8.68 Å². The fourth-order valence-electron chi connectivity index (χ4n) is 6.03. The Morgan fingerprint density at radius 2 is 1.00 bits per heavy atom. The van der Waals surface area contributed by atoms with E-state index in [0.717, 1.165) is 57.4 Å². The largest absolute Gasteiger partial charge is 0.383 e. The van der Waals surface area contributed by atoms with Gasteiger partial charge >= 0.3 is 11.9 Å². The smallest absolute Gasteiger partial charge is 0.318 e. The molecule has 0 spiro atoms. The normalized spacial score (nSPS) is 13.0. The first-order valence-electron chi connectivity index (χ1n) is 14.9. The van der Waals surface area contributed by atoms with Crippen molar-refractivity contribution >= 4 is 79.1 Å². The predicted molar refractivity (Wildman–Crippen MR) is 187 cm³/mol. The van der Waals surface area contributed by atoms with E-state index in [9.17, 15) is 9.59 Å². The van der Waals surface area contributed by atoms with Gasteiger partial charge in [-0.05, 0) is 69.9 Å². The summed E-state index contributed by atoms with van der Waals surface area (Å²) in [5.41, 5.74) is 4.79. The minimum Gasteiger partial charge on any atom is -0.383 e. The predicted octanol–water partition coefficient (Wildman–Crippen LogP) is 10.9. The van der Waals surface area contributed by atoms with Crippen LogP contribution in [0.3, 0.4) is 0 Å². The maximum atomic E-state index is 12.4. The summed E-state index contributed by atoms with van der Waals surface area (Å²) in [5, 5.41) is 0. The molecular weight excluding hydrogens is 629 g/mol. The van der Waals surface area contributed by atoms with Crippen LogP contribution in [0, 0.1) is 10.8 Å². The van der Waals surface area contributed by atoms with Crippen molar-refractivity contribution < 1.29 is 18.0 Å². The Morgan fingerprint density at radius 1 is 0.636 bits per heavy atom. The molecule has 0 N–H and O–H groups in total. The second-order valence-electron chi connectivity index (χ2n) is 15.1. The minimum absolute atomic E-state index is 0.0305. The monoisotopic (exact) mass is 672 g/mol. The molecule has 0 bridgehead atoms. The molecule has 0 saturated heterocycles. The highest BCUT2D eigenvalue weighted by molar-refractivity contribution is 7.97. The molecule has 10 heteroatoms. The molecule has 0 amide bonds. The summed E-state index contributed by atoms with van der Waals surface area (Å²) in [5.74, 6) is -0.984. The van der Waals surface area contributed by atoms with Crippen molar-refractivity contribution in [3.63, 3.8) is 0 Å². The molecule has 0 aliphatic rings. The van der Waals surface area contributed by atoms with Crippen LogP contribution in [0.5, 0.6) is 0 Å². The van der Waals surface area contributed by atoms with Gasteiger partial charge in [0.05, 0.1) is 33.3 Å². The second kappa shape index (κ2) is 13.3. The lowest BCUT2D eigenvalue weighted by molar-refractivity contribution is -0.139. The van der Waals surface area contributed by atoms with Gasteiger partial charge in [0.25, 0.3) is 0 Å². The number of hydrogen-bond donors (Lipinski definition) is 0. The zero-order chi connectivity index (χ0) is 32.5. The van der Waals surface area contributed by atoms with E-state index in [0.29, 0.717) is 8.68 Å². The summed E-state index contributed by atoms with van der Waals surface area (Å²) in [7, 11) is 0. The zero-order valence-corrected chi connectivity index (χ0v) is 30.7. The van der Waals surface area contributed by atoms with Crippen LogP contribution in [0.15, 0.2) is 45.1 Å². The third kappa shape index (κ3) is 9.68. The van der Waals surface area contributed by atoms with E-state index in [2.05, 4.69) is 103 Å². The minimum atomic E-state index is -0.492. The average Bonchev–Trinajstić information content (AvgIpc) is 3.49. The van der Waals surface area contributed by atoms with Crippen molar-refractivity contribution in [2.45, 2.75) is 114 Å². The van der Waals surface area contributed by atoms with Crippen LogP contribution in [-0.4, -0.2) is 21.9 Å². The van der Waals surface area contributed by atoms with E-state index >= 15 is 0 Å². The van der Waals surface area contributed by atoms with Gasteiger partial charge < -0.3 is 8.37 Å². The molecular formula is C34H44N2O4S4. The number of rotatable bonds is 11. The van der Waals surface area contributed by atoms with Gasteiger partial charge in [-0.15, -0.1) is 22.7 Å². The Morgan fingerprint density at radius 3 is 1.34 bits per heavy atom. The highest BCUT2D eigenvalue weighted by Gasteiger charge is 2.29. The van der Waals surface area contributed by atoms with Gasteiger partial charge in [-0.1, -0.05) is 81.4 Å². The molecule has 44 heavy (non-hydrogen) atoms. The number of thiazole rings is 2. The van der Waals surface area contributed by atoms with Crippen molar-refractivity contribution in [1.82, 2.24) is 9.97 Å². The van der Waals surface area contributed by atoms with E-state index in [-0.39, 0.29) is 34.5 Å². The number of carbonyl (C=O) groups excluding carboxylic acids is 2. The zero-order valence-electron chi connectivity index (χ0n) is 27.5. The lowest BCUT2D eigenvalue weighted by atomic mass is 9.72. The van der Waals surface area contributed by atoms with Crippen LogP contribution in [0.1, 0.15) is 106 Å². The van der Waals surface area contributed by atoms with Gasteiger partial charge in [0, 0.05) is 0 Å². The molecule has 6 nitrogen and oxygen atoms in total. The number of fused-ring (bicyclic) bond motifs is 2. The van der Waals surface area contributed by atoms with Crippen molar-refractivity contribution in [3.8, 4) is 0 Å². The molecule has 238 valence electrons. The Kier molecular flexibility index (Phi) is 10.5. The molecule has 4 rings (SSSR count). The van der Waals surface area contributed by atoms with Gasteiger partial charge in [0.2, 0.25) is 0 Å². The SMILES string of the molecule is CC(C)(C)CC(C)(C)c1ccc2nc(SOC(=O)CCC(=O)OSc3nc4ccc(C(C)(C)CC(C)(C)C)cc4s3)sc2c1. The molecule has 4 aromatic rings. The highest BCUT2D eigenvalue weighted by Crippen LogP contribution is 2.40. The summed E-state index contributed by atoms with van der Waals surface area (Å²) in [6, 6.07) is 12.7. The molecule has 2 heterocycles. The van der Waals surface area contributed by atoms with Crippen molar-refractivity contribution in [3.05, 3.63) is 47.5 Å². The fraction of sp³-hybridized carbons (Fsp3) is 0.529. The molecule has 2 aromatic carbocycles. The van der Waals surface area contributed by atoms with Crippen LogP contribution in [0.2, 0.25) is 0 Å². The van der Waals surface area contributed by atoms with E-state index < -0.39 is 11.9 Å². The first-order valence-corrected chi connectivity index (χ1v) is 18.0. The lowest BCUT2D eigenvalue weighted by Gasteiger charge is -2.33. The molecule has 0 atom stereocenters. The second-order valence-corrected chi connectivity index (χ2v) is 19.2. The van der Waals surface area contributed by atoms with Gasteiger partial charge in [0.1, 0.15) is 24.1 Å².